The Kier molecular flexibility index (Phi) is 12.2. The minimum Gasteiger partial charge on any atom is -0.483 e. The lowest BCUT2D eigenvalue weighted by molar-refractivity contribution is -0.123. The van der Waals surface area contributed by atoms with Crippen LogP contribution in [0.25, 0.3) is 0 Å². The third-order valence-corrected chi connectivity index (χ3v) is 5.08. The van der Waals surface area contributed by atoms with Crippen LogP contribution in [0.15, 0.2) is 12.4 Å². The molecule has 3 heterocycles. The number of rotatable bonds is 6. The Bertz CT molecular complexity index is 560. The number of aromatic nitrogens is 2. The molecule has 2 saturated heterocycles. The highest BCUT2D eigenvalue weighted by atomic mass is 16.5. The summed E-state index contributed by atoms with van der Waals surface area (Å²) in [6.07, 6.45) is 7.80. The van der Waals surface area contributed by atoms with Gasteiger partial charge in [0.2, 0.25) is 0 Å². The molecule has 9 heteroatoms. The zero-order chi connectivity index (χ0) is 21.5. The fraction of sp³-hybridized carbons (Fsp3) is 0.750. The highest BCUT2D eigenvalue weighted by molar-refractivity contribution is 5.33. The molecule has 1 atom stereocenters. The molecule has 3 rings (SSSR count). The minimum absolute atomic E-state index is 0.0594. The van der Waals surface area contributed by atoms with Gasteiger partial charge in [-0.3, -0.25) is 14.5 Å². The van der Waals surface area contributed by atoms with Gasteiger partial charge in [0.05, 0.1) is 13.2 Å². The quantitative estimate of drug-likeness (QED) is 0.678. The Labute approximate surface area is 172 Å². The number of hydrogen-bond acceptors (Lipinski definition) is 6. The van der Waals surface area contributed by atoms with E-state index in [4.69, 9.17) is 34.3 Å². The highest BCUT2D eigenvalue weighted by Gasteiger charge is 2.29. The maximum Gasteiger partial charge on any atom is 0.290 e. The standard InChI is InChI=1S/C18H31N3O2.2CH2O2/c1-18(2,15-20-9-12-22-13-10-20)17-19-6-8-21(17)7-5-16-4-3-11-23-14-16;2*2-1-3/h6,8,16H,3-5,7,9-15H2,1-2H3;2*1H,(H,2,3). The van der Waals surface area contributed by atoms with Gasteiger partial charge in [-0.2, -0.15) is 0 Å². The Morgan fingerprint density at radius 2 is 1.83 bits per heavy atom. The van der Waals surface area contributed by atoms with E-state index < -0.39 is 0 Å². The third-order valence-electron chi connectivity index (χ3n) is 5.08. The summed E-state index contributed by atoms with van der Waals surface area (Å²) >= 11 is 0. The summed E-state index contributed by atoms with van der Waals surface area (Å²) in [5.74, 6) is 1.92. The molecule has 0 radical (unpaired) electrons. The topological polar surface area (TPSA) is 114 Å². The van der Waals surface area contributed by atoms with Crippen molar-refractivity contribution in [3.63, 3.8) is 0 Å². The molecule has 2 aliphatic rings. The summed E-state index contributed by atoms with van der Waals surface area (Å²) in [4.78, 5) is 23.9. The molecule has 2 N–H and O–H groups in total. The molecule has 0 bridgehead atoms. The van der Waals surface area contributed by atoms with E-state index in [0.29, 0.717) is 5.92 Å². The second-order valence-electron chi connectivity index (χ2n) is 7.80. The molecule has 0 amide bonds. The number of carboxylic acid groups (broad SMARTS) is 2. The summed E-state index contributed by atoms with van der Waals surface area (Å²) in [7, 11) is 0. The third kappa shape index (κ3) is 9.38. The molecule has 1 aromatic rings. The average molecular weight is 414 g/mol. The SMILES string of the molecule is CC(C)(CN1CCOCC1)c1nccn1CCC1CCCOC1.O=CO.O=CO. The second kappa shape index (κ2) is 14.1. The van der Waals surface area contributed by atoms with Crippen LogP contribution >= 0.6 is 0 Å². The first kappa shape index (κ1) is 25.1. The van der Waals surface area contributed by atoms with Crippen LogP contribution in [0, 0.1) is 5.92 Å². The van der Waals surface area contributed by atoms with Gasteiger partial charge >= 0.3 is 0 Å². The molecule has 29 heavy (non-hydrogen) atoms. The van der Waals surface area contributed by atoms with Crippen molar-refractivity contribution in [2.24, 2.45) is 5.92 Å². The molecule has 2 fully saturated rings. The summed E-state index contributed by atoms with van der Waals surface area (Å²) in [6, 6.07) is 0. The maximum absolute atomic E-state index is 8.36. The molecule has 166 valence electrons. The highest BCUT2D eigenvalue weighted by Crippen LogP contribution is 2.25. The van der Waals surface area contributed by atoms with Crippen molar-refractivity contribution in [3.8, 4) is 0 Å². The summed E-state index contributed by atoms with van der Waals surface area (Å²) < 4.78 is 13.4. The van der Waals surface area contributed by atoms with Crippen LogP contribution in [0.3, 0.4) is 0 Å². The molecule has 0 aromatic carbocycles. The molecule has 1 aromatic heterocycles. The summed E-state index contributed by atoms with van der Waals surface area (Å²) in [5, 5.41) is 13.8. The van der Waals surface area contributed by atoms with Gasteiger partial charge in [0, 0.05) is 57.2 Å². The smallest absolute Gasteiger partial charge is 0.290 e. The van der Waals surface area contributed by atoms with E-state index in [1.807, 2.05) is 6.20 Å². The van der Waals surface area contributed by atoms with Crippen LogP contribution in [0.5, 0.6) is 0 Å². The maximum atomic E-state index is 8.36. The van der Waals surface area contributed by atoms with E-state index in [-0.39, 0.29) is 18.4 Å². The fourth-order valence-corrected chi connectivity index (χ4v) is 3.82. The lowest BCUT2D eigenvalue weighted by atomic mass is 9.91. The van der Waals surface area contributed by atoms with Gasteiger partial charge in [0.1, 0.15) is 5.82 Å². The van der Waals surface area contributed by atoms with E-state index in [9.17, 15) is 0 Å². The van der Waals surface area contributed by atoms with Gasteiger partial charge in [0.25, 0.3) is 12.9 Å². The van der Waals surface area contributed by atoms with Gasteiger partial charge in [-0.25, -0.2) is 4.98 Å². The number of carbonyl (C=O) groups is 2. The Hall–Kier alpha value is -1.97. The van der Waals surface area contributed by atoms with Crippen LogP contribution < -0.4 is 0 Å². The van der Waals surface area contributed by atoms with Crippen LogP contribution in [0.2, 0.25) is 0 Å². The first-order valence-corrected chi connectivity index (χ1v) is 10.0. The van der Waals surface area contributed by atoms with Gasteiger partial charge in [0.15, 0.2) is 0 Å². The van der Waals surface area contributed by atoms with E-state index in [1.165, 1.54) is 25.1 Å². The van der Waals surface area contributed by atoms with Crippen molar-refractivity contribution in [3.05, 3.63) is 18.2 Å². The summed E-state index contributed by atoms with van der Waals surface area (Å²) in [6.45, 7) is 11.9. The van der Waals surface area contributed by atoms with Crippen molar-refractivity contribution in [2.45, 2.75) is 45.1 Å². The van der Waals surface area contributed by atoms with Gasteiger partial charge < -0.3 is 24.3 Å². The molecule has 1 unspecified atom stereocenters. The van der Waals surface area contributed by atoms with Gasteiger partial charge in [-0.05, 0) is 25.2 Å². The molecular weight excluding hydrogens is 378 g/mol. The largest absolute Gasteiger partial charge is 0.483 e. The van der Waals surface area contributed by atoms with E-state index >= 15 is 0 Å². The number of hydrogen-bond donors (Lipinski definition) is 2. The lowest BCUT2D eigenvalue weighted by Crippen LogP contribution is -2.44. The van der Waals surface area contributed by atoms with Crippen molar-refractivity contribution in [2.75, 3.05) is 46.1 Å². The van der Waals surface area contributed by atoms with Crippen LogP contribution in [-0.2, 0) is 31.0 Å². The molecule has 0 aliphatic carbocycles. The first-order chi connectivity index (χ1) is 14.0. The fourth-order valence-electron chi connectivity index (χ4n) is 3.82. The Morgan fingerprint density at radius 3 is 2.41 bits per heavy atom. The number of morpholine rings is 1. The monoisotopic (exact) mass is 413 g/mol. The predicted molar refractivity (Wildman–Crippen MR) is 108 cm³/mol. The van der Waals surface area contributed by atoms with Crippen molar-refractivity contribution in [1.29, 1.82) is 0 Å². The Morgan fingerprint density at radius 1 is 1.17 bits per heavy atom. The zero-order valence-corrected chi connectivity index (χ0v) is 17.5. The van der Waals surface area contributed by atoms with E-state index in [2.05, 4.69) is 29.5 Å². The van der Waals surface area contributed by atoms with Crippen LogP contribution in [-0.4, -0.2) is 83.7 Å². The van der Waals surface area contributed by atoms with Crippen molar-refractivity contribution in [1.82, 2.24) is 14.5 Å². The number of ether oxygens (including phenoxy) is 2. The lowest BCUT2D eigenvalue weighted by Gasteiger charge is -2.34. The van der Waals surface area contributed by atoms with Crippen LogP contribution in [0.4, 0.5) is 0 Å². The number of nitrogens with zero attached hydrogens (tertiary/aromatic N) is 3. The van der Waals surface area contributed by atoms with E-state index in [1.54, 1.807) is 0 Å². The zero-order valence-electron chi connectivity index (χ0n) is 17.5. The van der Waals surface area contributed by atoms with Crippen LogP contribution in [0.1, 0.15) is 38.9 Å². The summed E-state index contributed by atoms with van der Waals surface area (Å²) in [5.41, 5.74) is 0.0594. The molecule has 9 nitrogen and oxygen atoms in total. The Balaban J connectivity index is 0.000000626. The van der Waals surface area contributed by atoms with Crippen molar-refractivity contribution >= 4 is 12.9 Å². The predicted octanol–water partition coefficient (Wildman–Crippen LogP) is 1.71. The van der Waals surface area contributed by atoms with Crippen molar-refractivity contribution < 1.29 is 29.3 Å². The van der Waals surface area contributed by atoms with Gasteiger partial charge in [-0.1, -0.05) is 13.8 Å². The number of aryl methyl sites for hydroxylation is 1. The van der Waals surface area contributed by atoms with Gasteiger partial charge in [-0.15, -0.1) is 0 Å². The normalized spacial score (nSPS) is 19.9. The molecule has 0 spiro atoms. The average Bonchev–Trinajstić information content (AvgIpc) is 3.19. The molecule has 2 aliphatic heterocycles. The minimum atomic E-state index is -0.250. The number of imidazole rings is 1. The molecular formula is C20H35N3O6. The first-order valence-electron chi connectivity index (χ1n) is 10.0. The van der Waals surface area contributed by atoms with E-state index in [0.717, 1.165) is 52.6 Å². The molecule has 0 saturated carbocycles. The second-order valence-corrected chi connectivity index (χ2v) is 7.80.